The Bertz CT molecular complexity index is 629. The summed E-state index contributed by atoms with van der Waals surface area (Å²) in [6.45, 7) is 5.88. The number of thiophene rings is 1. The van der Waals surface area contributed by atoms with Crippen molar-refractivity contribution in [3.63, 3.8) is 0 Å². The number of amides is 1. The van der Waals surface area contributed by atoms with Gasteiger partial charge in [-0.25, -0.2) is 0 Å². The first kappa shape index (κ1) is 17.1. The molecule has 1 aliphatic rings. The minimum atomic E-state index is -0.0555. The smallest absolute Gasteiger partial charge is 0.228 e. The van der Waals surface area contributed by atoms with Crippen LogP contribution in [0.4, 0.5) is 0 Å². The standard InChI is InChI=1S/C19H25N3OS/c1-15(18-7-4-10-24-18)19(23)21-12-17-6-3-9-22(14-17)13-16-5-2-8-20-11-16/h2,4-5,7-8,10-11,15,17H,3,6,9,12-14H2,1H3,(H,21,23)/t15-,17-/m0/s1. The number of rotatable bonds is 6. The van der Waals surface area contributed by atoms with Gasteiger partial charge in [0.2, 0.25) is 5.91 Å². The first-order valence-electron chi connectivity index (χ1n) is 8.64. The second-order valence-corrected chi connectivity index (χ2v) is 7.57. The summed E-state index contributed by atoms with van der Waals surface area (Å²) < 4.78 is 0. The highest BCUT2D eigenvalue weighted by molar-refractivity contribution is 7.10. The molecule has 1 saturated heterocycles. The maximum Gasteiger partial charge on any atom is 0.228 e. The first-order valence-corrected chi connectivity index (χ1v) is 9.52. The van der Waals surface area contributed by atoms with E-state index in [1.54, 1.807) is 11.3 Å². The Kier molecular flexibility index (Phi) is 5.99. The molecule has 0 aliphatic carbocycles. The zero-order valence-electron chi connectivity index (χ0n) is 14.1. The van der Waals surface area contributed by atoms with Gasteiger partial charge in [0.25, 0.3) is 0 Å². The second kappa shape index (κ2) is 8.40. The van der Waals surface area contributed by atoms with E-state index in [1.807, 2.05) is 42.9 Å². The van der Waals surface area contributed by atoms with Gasteiger partial charge in [0.05, 0.1) is 5.92 Å². The number of pyridine rings is 1. The van der Waals surface area contributed by atoms with Crippen LogP contribution in [0.1, 0.15) is 36.1 Å². The van der Waals surface area contributed by atoms with Crippen LogP contribution in [0.2, 0.25) is 0 Å². The van der Waals surface area contributed by atoms with E-state index in [9.17, 15) is 4.79 Å². The number of carbonyl (C=O) groups excluding carboxylic acids is 1. The van der Waals surface area contributed by atoms with Crippen molar-refractivity contribution in [3.8, 4) is 0 Å². The number of piperidine rings is 1. The molecule has 0 aromatic carbocycles. The van der Waals surface area contributed by atoms with Gasteiger partial charge < -0.3 is 5.32 Å². The van der Waals surface area contributed by atoms with Crippen molar-refractivity contribution < 1.29 is 4.79 Å². The van der Waals surface area contributed by atoms with Gasteiger partial charge in [-0.05, 0) is 55.3 Å². The molecule has 2 aromatic rings. The summed E-state index contributed by atoms with van der Waals surface area (Å²) in [6.07, 6.45) is 6.14. The quantitative estimate of drug-likeness (QED) is 0.875. The highest BCUT2D eigenvalue weighted by atomic mass is 32.1. The molecule has 0 saturated carbocycles. The van der Waals surface area contributed by atoms with E-state index in [2.05, 4.69) is 21.3 Å². The van der Waals surface area contributed by atoms with Crippen molar-refractivity contribution in [2.75, 3.05) is 19.6 Å². The third kappa shape index (κ3) is 4.65. The molecule has 0 spiro atoms. The maximum absolute atomic E-state index is 12.3. The van der Waals surface area contributed by atoms with Gasteiger partial charge in [0, 0.05) is 36.9 Å². The highest BCUT2D eigenvalue weighted by Crippen LogP contribution is 2.22. The Hall–Kier alpha value is -1.72. The van der Waals surface area contributed by atoms with Crippen molar-refractivity contribution in [1.29, 1.82) is 0 Å². The molecule has 2 aromatic heterocycles. The minimum absolute atomic E-state index is 0.0555. The van der Waals surface area contributed by atoms with Crippen LogP contribution in [-0.2, 0) is 11.3 Å². The van der Waals surface area contributed by atoms with Crippen molar-refractivity contribution in [2.45, 2.75) is 32.2 Å². The fourth-order valence-electron chi connectivity index (χ4n) is 3.28. The van der Waals surface area contributed by atoms with Gasteiger partial charge in [0.1, 0.15) is 0 Å². The summed E-state index contributed by atoms with van der Waals surface area (Å²) >= 11 is 1.65. The topological polar surface area (TPSA) is 45.2 Å². The van der Waals surface area contributed by atoms with E-state index in [4.69, 9.17) is 0 Å². The van der Waals surface area contributed by atoms with Crippen LogP contribution in [0, 0.1) is 5.92 Å². The lowest BCUT2D eigenvalue weighted by atomic mass is 9.97. The summed E-state index contributed by atoms with van der Waals surface area (Å²) in [5.74, 6) is 0.622. The van der Waals surface area contributed by atoms with Gasteiger partial charge in [-0.15, -0.1) is 11.3 Å². The van der Waals surface area contributed by atoms with Crippen LogP contribution in [0.5, 0.6) is 0 Å². The largest absolute Gasteiger partial charge is 0.355 e. The van der Waals surface area contributed by atoms with Crippen LogP contribution >= 0.6 is 11.3 Å². The number of carbonyl (C=O) groups is 1. The number of aromatic nitrogens is 1. The van der Waals surface area contributed by atoms with Gasteiger partial charge >= 0.3 is 0 Å². The van der Waals surface area contributed by atoms with E-state index in [1.165, 1.54) is 18.4 Å². The third-order valence-corrected chi connectivity index (χ3v) is 5.72. The van der Waals surface area contributed by atoms with Crippen LogP contribution in [0.25, 0.3) is 0 Å². The molecule has 4 nitrogen and oxygen atoms in total. The Morgan fingerprint density at radius 1 is 1.46 bits per heavy atom. The zero-order valence-corrected chi connectivity index (χ0v) is 15.0. The average molecular weight is 343 g/mol. The first-order chi connectivity index (χ1) is 11.7. The molecule has 3 heterocycles. The monoisotopic (exact) mass is 343 g/mol. The summed E-state index contributed by atoms with van der Waals surface area (Å²) in [7, 11) is 0. The minimum Gasteiger partial charge on any atom is -0.355 e. The third-order valence-electron chi connectivity index (χ3n) is 4.66. The molecular formula is C19H25N3OS. The Labute approximate surface area is 147 Å². The molecule has 2 atom stereocenters. The molecule has 0 radical (unpaired) electrons. The second-order valence-electron chi connectivity index (χ2n) is 6.59. The van der Waals surface area contributed by atoms with Crippen molar-refractivity contribution in [2.24, 2.45) is 5.92 Å². The molecule has 1 N–H and O–H groups in total. The van der Waals surface area contributed by atoms with E-state index < -0.39 is 0 Å². The number of hydrogen-bond donors (Lipinski definition) is 1. The van der Waals surface area contributed by atoms with Crippen LogP contribution in [0.3, 0.4) is 0 Å². The molecule has 0 unspecified atom stereocenters. The summed E-state index contributed by atoms with van der Waals surface area (Å²) in [6, 6.07) is 8.15. The van der Waals surface area contributed by atoms with Crippen LogP contribution in [0.15, 0.2) is 42.0 Å². The SMILES string of the molecule is C[C@H](C(=O)NC[C@@H]1CCCN(Cc2cccnc2)C1)c1cccs1. The fraction of sp³-hybridized carbons (Fsp3) is 0.474. The van der Waals surface area contributed by atoms with Gasteiger partial charge in [-0.3, -0.25) is 14.7 Å². The van der Waals surface area contributed by atoms with E-state index in [0.717, 1.165) is 31.1 Å². The fourth-order valence-corrected chi connectivity index (χ4v) is 4.06. The van der Waals surface area contributed by atoms with Crippen molar-refractivity contribution in [3.05, 3.63) is 52.5 Å². The van der Waals surface area contributed by atoms with Crippen molar-refractivity contribution >= 4 is 17.2 Å². The normalized spacial score (nSPS) is 19.8. The van der Waals surface area contributed by atoms with E-state index in [0.29, 0.717) is 5.92 Å². The van der Waals surface area contributed by atoms with Crippen molar-refractivity contribution in [1.82, 2.24) is 15.2 Å². The van der Waals surface area contributed by atoms with Crippen LogP contribution < -0.4 is 5.32 Å². The number of likely N-dealkylation sites (tertiary alicyclic amines) is 1. The van der Waals surface area contributed by atoms with E-state index in [-0.39, 0.29) is 11.8 Å². The van der Waals surface area contributed by atoms with Gasteiger partial charge in [-0.1, -0.05) is 12.1 Å². The molecule has 0 bridgehead atoms. The molecule has 24 heavy (non-hydrogen) atoms. The highest BCUT2D eigenvalue weighted by Gasteiger charge is 2.22. The molecule has 128 valence electrons. The Morgan fingerprint density at radius 3 is 3.12 bits per heavy atom. The summed E-state index contributed by atoms with van der Waals surface area (Å²) in [5.41, 5.74) is 1.26. The van der Waals surface area contributed by atoms with Gasteiger partial charge in [0.15, 0.2) is 0 Å². The number of hydrogen-bond acceptors (Lipinski definition) is 4. The van der Waals surface area contributed by atoms with Crippen LogP contribution in [-0.4, -0.2) is 35.4 Å². The lowest BCUT2D eigenvalue weighted by Crippen LogP contribution is -2.41. The summed E-state index contributed by atoms with van der Waals surface area (Å²) in [4.78, 5) is 20.1. The predicted octanol–water partition coefficient (Wildman–Crippen LogP) is 3.28. The average Bonchev–Trinajstić information content (AvgIpc) is 3.15. The molecule has 5 heteroatoms. The Morgan fingerprint density at radius 2 is 2.38 bits per heavy atom. The lowest BCUT2D eigenvalue weighted by molar-refractivity contribution is -0.122. The number of nitrogens with zero attached hydrogens (tertiary/aromatic N) is 2. The van der Waals surface area contributed by atoms with E-state index >= 15 is 0 Å². The lowest BCUT2D eigenvalue weighted by Gasteiger charge is -2.33. The molecule has 1 amide bonds. The molecule has 1 fully saturated rings. The molecule has 1 aliphatic heterocycles. The van der Waals surface area contributed by atoms with Gasteiger partial charge in [-0.2, -0.15) is 0 Å². The molecular weight excluding hydrogens is 318 g/mol. The Balaban J connectivity index is 1.46. The summed E-state index contributed by atoms with van der Waals surface area (Å²) in [5, 5.41) is 5.18. The predicted molar refractivity (Wildman–Crippen MR) is 98.0 cm³/mol. The zero-order chi connectivity index (χ0) is 16.8. The maximum atomic E-state index is 12.3. The molecule has 3 rings (SSSR count). The number of nitrogens with one attached hydrogen (secondary N) is 1.